The summed E-state index contributed by atoms with van der Waals surface area (Å²) in [5.74, 6) is -0.116. The van der Waals surface area contributed by atoms with Crippen LogP contribution in [-0.2, 0) is 17.6 Å². The van der Waals surface area contributed by atoms with Crippen molar-refractivity contribution in [2.75, 3.05) is 24.1 Å². The molecule has 8 heteroatoms. The van der Waals surface area contributed by atoms with Gasteiger partial charge in [0.15, 0.2) is 5.13 Å². The zero-order valence-electron chi connectivity index (χ0n) is 15.9. The molecule has 0 radical (unpaired) electrons. The number of benzene rings is 2. The van der Waals surface area contributed by atoms with E-state index in [1.54, 1.807) is 5.38 Å². The van der Waals surface area contributed by atoms with Gasteiger partial charge in [0.1, 0.15) is 0 Å². The second-order valence-corrected chi connectivity index (χ2v) is 7.37. The number of rotatable bonds is 9. The van der Waals surface area contributed by atoms with E-state index in [2.05, 4.69) is 15.6 Å². The fourth-order valence-corrected chi connectivity index (χ4v) is 3.36. The van der Waals surface area contributed by atoms with Gasteiger partial charge in [0.25, 0.3) is 0 Å². The van der Waals surface area contributed by atoms with Gasteiger partial charge in [0.05, 0.1) is 18.2 Å². The Hall–Kier alpha value is -2.26. The Morgan fingerprint density at radius 3 is 2.52 bits per heavy atom. The lowest BCUT2D eigenvalue weighted by molar-refractivity contribution is -0.115. The molecule has 0 saturated heterocycles. The van der Waals surface area contributed by atoms with Crippen molar-refractivity contribution in [2.45, 2.75) is 18.9 Å². The van der Waals surface area contributed by atoms with Crippen molar-refractivity contribution in [3.63, 3.8) is 0 Å². The van der Waals surface area contributed by atoms with E-state index in [9.17, 15) is 9.90 Å². The minimum absolute atomic E-state index is 0. The molecule has 2 aromatic carbocycles. The third kappa shape index (κ3) is 7.58. The maximum absolute atomic E-state index is 12.0. The highest BCUT2D eigenvalue weighted by molar-refractivity contribution is 8.93. The lowest BCUT2D eigenvalue weighted by Crippen LogP contribution is -2.23. The second kappa shape index (κ2) is 11.7. The van der Waals surface area contributed by atoms with E-state index in [1.165, 1.54) is 11.3 Å². The van der Waals surface area contributed by atoms with Crippen LogP contribution in [0.15, 0.2) is 60.0 Å². The van der Waals surface area contributed by atoms with Crippen LogP contribution in [0.25, 0.3) is 0 Å². The number of hydrogen-bond donors (Lipinski definition) is 4. The molecular weight excluding hydrogens is 452 g/mol. The highest BCUT2D eigenvalue weighted by Crippen LogP contribution is 2.14. The maximum atomic E-state index is 12.0. The molecule has 3 rings (SSSR count). The normalized spacial score (nSPS) is 11.5. The summed E-state index contributed by atoms with van der Waals surface area (Å²) < 4.78 is 0. The lowest BCUT2D eigenvalue weighted by atomic mass is 10.1. The molecule has 1 heterocycles. The Morgan fingerprint density at radius 1 is 1.14 bits per heavy atom. The molecule has 154 valence electrons. The minimum atomic E-state index is -0.508. The maximum Gasteiger partial charge on any atom is 0.230 e. The summed E-state index contributed by atoms with van der Waals surface area (Å²) in [7, 11) is 0. The number of nitrogens with one attached hydrogen (secondary N) is 2. The molecule has 0 unspecified atom stereocenters. The average molecular weight is 477 g/mol. The third-order valence-corrected chi connectivity index (χ3v) is 4.98. The Bertz CT molecular complexity index is 887. The molecule has 1 atom stereocenters. The quantitative estimate of drug-likeness (QED) is 0.354. The summed E-state index contributed by atoms with van der Waals surface area (Å²) in [4.78, 5) is 16.1. The first-order chi connectivity index (χ1) is 13.6. The molecule has 0 aliphatic rings. The fraction of sp³-hybridized carbons (Fsp3) is 0.238. The van der Waals surface area contributed by atoms with Crippen molar-refractivity contribution < 1.29 is 9.90 Å². The Morgan fingerprint density at radius 2 is 1.86 bits per heavy atom. The minimum Gasteiger partial charge on any atom is -0.387 e. The van der Waals surface area contributed by atoms with Crippen molar-refractivity contribution in [2.24, 2.45) is 0 Å². The van der Waals surface area contributed by atoms with Crippen molar-refractivity contribution in [1.82, 2.24) is 10.3 Å². The standard InChI is InChI=1S/C21H24N4O2S.BrH/c22-21-25-18(14-28-21)12-20(27)24-17-8-6-15(7-9-17)10-11-23-13-19(26)16-4-2-1-3-5-16;/h1-9,14,19,23,26H,10-13H2,(H2,22,25)(H,24,27);1H/t19-;/m0./s1. The smallest absolute Gasteiger partial charge is 0.230 e. The number of carbonyl (C=O) groups is 1. The van der Waals surface area contributed by atoms with E-state index < -0.39 is 6.10 Å². The number of nitrogens with two attached hydrogens (primary N) is 1. The fourth-order valence-electron chi connectivity index (χ4n) is 2.79. The number of hydrogen-bond acceptors (Lipinski definition) is 6. The number of nitrogen functional groups attached to an aromatic ring is 1. The van der Waals surface area contributed by atoms with Crippen LogP contribution < -0.4 is 16.4 Å². The average Bonchev–Trinajstić information content (AvgIpc) is 3.11. The van der Waals surface area contributed by atoms with Gasteiger partial charge in [0.2, 0.25) is 5.91 Å². The molecule has 3 aromatic rings. The summed E-state index contributed by atoms with van der Waals surface area (Å²) in [5.41, 5.74) is 9.08. The van der Waals surface area contributed by atoms with Gasteiger partial charge in [-0.15, -0.1) is 28.3 Å². The van der Waals surface area contributed by atoms with Crippen molar-refractivity contribution in [3.05, 3.63) is 76.8 Å². The monoisotopic (exact) mass is 476 g/mol. The summed E-state index contributed by atoms with van der Waals surface area (Å²) in [6.45, 7) is 1.28. The number of thiazole rings is 1. The first-order valence-corrected chi connectivity index (χ1v) is 10.0. The van der Waals surface area contributed by atoms with Crippen LogP contribution in [0.5, 0.6) is 0 Å². The van der Waals surface area contributed by atoms with Crippen LogP contribution in [0.3, 0.4) is 0 Å². The van der Waals surface area contributed by atoms with E-state index in [0.29, 0.717) is 17.4 Å². The topological polar surface area (TPSA) is 100 Å². The van der Waals surface area contributed by atoms with Crippen molar-refractivity contribution in [3.8, 4) is 0 Å². The number of anilines is 2. The van der Waals surface area contributed by atoms with Crippen molar-refractivity contribution in [1.29, 1.82) is 0 Å². The molecule has 0 aliphatic heterocycles. The van der Waals surface area contributed by atoms with Crippen molar-refractivity contribution >= 4 is 45.0 Å². The molecule has 1 aromatic heterocycles. The van der Waals surface area contributed by atoms with Gasteiger partial charge in [-0.05, 0) is 36.2 Å². The van der Waals surface area contributed by atoms with Crippen LogP contribution in [0.4, 0.5) is 10.8 Å². The molecule has 0 aliphatic carbocycles. The van der Waals surface area contributed by atoms with Crippen LogP contribution in [0.1, 0.15) is 22.9 Å². The molecule has 0 spiro atoms. The van der Waals surface area contributed by atoms with E-state index in [1.807, 2.05) is 54.6 Å². The van der Waals surface area contributed by atoms with E-state index in [0.717, 1.165) is 29.8 Å². The predicted molar refractivity (Wildman–Crippen MR) is 124 cm³/mol. The van der Waals surface area contributed by atoms with Crippen LogP contribution >= 0.6 is 28.3 Å². The molecule has 1 amide bonds. The van der Waals surface area contributed by atoms with Gasteiger partial charge in [-0.2, -0.15) is 0 Å². The summed E-state index contributed by atoms with van der Waals surface area (Å²) in [5, 5.41) is 18.5. The molecule has 0 bridgehead atoms. The highest BCUT2D eigenvalue weighted by Gasteiger charge is 2.08. The van der Waals surface area contributed by atoms with Gasteiger partial charge in [-0.3, -0.25) is 4.79 Å². The first-order valence-electron chi connectivity index (χ1n) is 9.12. The largest absolute Gasteiger partial charge is 0.387 e. The van der Waals surface area contributed by atoms with E-state index >= 15 is 0 Å². The lowest BCUT2D eigenvalue weighted by Gasteiger charge is -2.12. The molecule has 29 heavy (non-hydrogen) atoms. The van der Waals surface area contributed by atoms with Gasteiger partial charge < -0.3 is 21.5 Å². The van der Waals surface area contributed by atoms with Gasteiger partial charge in [-0.1, -0.05) is 42.5 Å². The number of aromatic nitrogens is 1. The molecule has 6 nitrogen and oxygen atoms in total. The van der Waals surface area contributed by atoms with E-state index in [4.69, 9.17) is 5.73 Å². The third-order valence-electron chi connectivity index (χ3n) is 4.26. The van der Waals surface area contributed by atoms with Gasteiger partial charge in [0, 0.05) is 17.6 Å². The summed E-state index contributed by atoms with van der Waals surface area (Å²) in [6, 6.07) is 17.4. The number of amides is 1. The van der Waals surface area contributed by atoms with Gasteiger partial charge in [-0.25, -0.2) is 4.98 Å². The zero-order chi connectivity index (χ0) is 19.8. The Balaban J connectivity index is 0.00000300. The SMILES string of the molecule is Br.Nc1nc(CC(=O)Nc2ccc(CCNC[C@H](O)c3ccccc3)cc2)cs1. The highest BCUT2D eigenvalue weighted by atomic mass is 79.9. The predicted octanol–water partition coefficient (Wildman–Crippen LogP) is 3.35. The summed E-state index contributed by atoms with van der Waals surface area (Å²) in [6.07, 6.45) is 0.545. The molecular formula is C21H25BrN4O2S. The number of halogens is 1. The summed E-state index contributed by atoms with van der Waals surface area (Å²) >= 11 is 1.33. The van der Waals surface area contributed by atoms with E-state index in [-0.39, 0.29) is 29.3 Å². The second-order valence-electron chi connectivity index (χ2n) is 6.48. The first kappa shape index (κ1) is 23.0. The Kier molecular flexibility index (Phi) is 9.27. The van der Waals surface area contributed by atoms with Crippen LogP contribution in [0, 0.1) is 0 Å². The molecule has 0 saturated carbocycles. The number of nitrogens with zero attached hydrogens (tertiary/aromatic N) is 1. The number of carbonyl (C=O) groups excluding carboxylic acids is 1. The Labute approximate surface area is 185 Å². The van der Waals surface area contributed by atoms with Gasteiger partial charge >= 0.3 is 0 Å². The molecule has 5 N–H and O–H groups in total. The molecule has 0 fully saturated rings. The number of aliphatic hydroxyl groups excluding tert-OH is 1. The zero-order valence-corrected chi connectivity index (χ0v) is 18.4. The van der Waals surface area contributed by atoms with Crippen LogP contribution in [0.2, 0.25) is 0 Å². The number of aliphatic hydroxyl groups is 1. The van der Waals surface area contributed by atoms with Crippen LogP contribution in [-0.4, -0.2) is 29.1 Å².